The second kappa shape index (κ2) is 10.6. The monoisotopic (exact) mass is 454 g/mol. The lowest BCUT2D eigenvalue weighted by molar-refractivity contribution is -0.140. The highest BCUT2D eigenvalue weighted by Gasteiger charge is 2.46. The van der Waals surface area contributed by atoms with Crippen LogP contribution < -0.4 is 4.74 Å². The van der Waals surface area contributed by atoms with E-state index in [9.17, 15) is 19.1 Å². The summed E-state index contributed by atoms with van der Waals surface area (Å²) in [4.78, 5) is 29.8. The van der Waals surface area contributed by atoms with Gasteiger partial charge in [-0.2, -0.15) is 0 Å². The maximum Gasteiger partial charge on any atom is 0.295 e. The summed E-state index contributed by atoms with van der Waals surface area (Å²) in [6.07, 6.45) is 0. The van der Waals surface area contributed by atoms with Crippen LogP contribution in [0.5, 0.6) is 5.75 Å². The number of amides is 1. The number of ether oxygens (including phenoxy) is 1. The molecule has 176 valence electrons. The predicted octanol–water partition coefficient (Wildman–Crippen LogP) is 4.30. The van der Waals surface area contributed by atoms with E-state index >= 15 is 0 Å². The number of ketones is 1. The number of hydrogen-bond donors (Lipinski definition) is 1. The number of nitrogens with zero attached hydrogens (tertiary/aromatic N) is 2. The highest BCUT2D eigenvalue weighted by Crippen LogP contribution is 2.39. The van der Waals surface area contributed by atoms with Gasteiger partial charge in [0.2, 0.25) is 0 Å². The highest BCUT2D eigenvalue weighted by atomic mass is 19.1. The molecule has 3 rings (SSSR count). The number of Topliss-reactive ketones (excluding diaryl/α,β-unsaturated/α-hetero) is 1. The maximum atomic E-state index is 14.2. The van der Waals surface area contributed by atoms with Gasteiger partial charge in [-0.1, -0.05) is 38.1 Å². The van der Waals surface area contributed by atoms with Crippen LogP contribution in [0.3, 0.4) is 0 Å². The van der Waals surface area contributed by atoms with Crippen molar-refractivity contribution >= 4 is 17.4 Å². The molecule has 1 N–H and O–H groups in total. The standard InChI is InChI=1S/C26H31FN2O4/c1-5-28(6-2)14-15-29-23(18-10-12-20(13-11-18)33-7-3)22(25(31)26(29)32)24(30)19-9-8-17(4)21(27)16-19/h8-13,16,23,30H,5-7,14-15H2,1-4H3. The normalized spacial score (nSPS) is 17.8. The van der Waals surface area contributed by atoms with Gasteiger partial charge in [0.25, 0.3) is 11.7 Å². The van der Waals surface area contributed by atoms with Gasteiger partial charge in [-0.15, -0.1) is 0 Å². The lowest BCUT2D eigenvalue weighted by atomic mass is 9.95. The fourth-order valence-corrected chi connectivity index (χ4v) is 4.05. The third-order valence-electron chi connectivity index (χ3n) is 6.04. The van der Waals surface area contributed by atoms with Crippen molar-refractivity contribution in [1.82, 2.24) is 9.80 Å². The largest absolute Gasteiger partial charge is 0.507 e. The Bertz CT molecular complexity index is 1040. The molecule has 0 bridgehead atoms. The average Bonchev–Trinajstić information content (AvgIpc) is 3.06. The van der Waals surface area contributed by atoms with Crippen molar-refractivity contribution in [2.24, 2.45) is 0 Å². The topological polar surface area (TPSA) is 70.1 Å². The van der Waals surface area contributed by atoms with Crippen LogP contribution in [0.1, 0.15) is 43.5 Å². The summed E-state index contributed by atoms with van der Waals surface area (Å²) in [6.45, 7) is 10.6. The molecule has 1 heterocycles. The van der Waals surface area contributed by atoms with E-state index in [1.54, 1.807) is 37.3 Å². The molecule has 33 heavy (non-hydrogen) atoms. The SMILES string of the molecule is CCOc1ccc(C2C(=C(O)c3ccc(C)c(F)c3)C(=O)C(=O)N2CCN(CC)CC)cc1. The first-order valence-corrected chi connectivity index (χ1v) is 11.3. The van der Waals surface area contributed by atoms with Gasteiger partial charge in [-0.25, -0.2) is 4.39 Å². The number of hydrogen-bond acceptors (Lipinski definition) is 5. The van der Waals surface area contributed by atoms with Crippen molar-refractivity contribution in [2.75, 3.05) is 32.8 Å². The number of rotatable bonds is 9. The zero-order valence-electron chi connectivity index (χ0n) is 19.6. The molecule has 1 unspecified atom stereocenters. The van der Waals surface area contributed by atoms with Crippen molar-refractivity contribution in [3.8, 4) is 5.75 Å². The maximum absolute atomic E-state index is 14.2. The Morgan fingerprint density at radius 2 is 1.76 bits per heavy atom. The van der Waals surface area contributed by atoms with Gasteiger partial charge in [0.1, 0.15) is 17.3 Å². The van der Waals surface area contributed by atoms with Gasteiger partial charge >= 0.3 is 0 Å². The van der Waals surface area contributed by atoms with Crippen LogP contribution in [0.15, 0.2) is 48.0 Å². The summed E-state index contributed by atoms with van der Waals surface area (Å²) in [5.74, 6) is -1.65. The summed E-state index contributed by atoms with van der Waals surface area (Å²) < 4.78 is 19.7. The van der Waals surface area contributed by atoms with Crippen molar-refractivity contribution < 1.29 is 23.8 Å². The van der Waals surface area contributed by atoms with E-state index in [0.717, 1.165) is 13.1 Å². The molecular formula is C26H31FN2O4. The van der Waals surface area contributed by atoms with E-state index in [0.29, 0.717) is 36.6 Å². The first-order valence-electron chi connectivity index (χ1n) is 11.3. The van der Waals surface area contributed by atoms with E-state index in [-0.39, 0.29) is 16.9 Å². The van der Waals surface area contributed by atoms with Gasteiger partial charge in [-0.05, 0) is 56.3 Å². The fourth-order valence-electron chi connectivity index (χ4n) is 4.05. The van der Waals surface area contributed by atoms with Crippen LogP contribution in [0, 0.1) is 12.7 Å². The summed E-state index contributed by atoms with van der Waals surface area (Å²) in [5.41, 5.74) is 1.23. The Kier molecular flexibility index (Phi) is 7.87. The summed E-state index contributed by atoms with van der Waals surface area (Å²) >= 11 is 0. The first kappa shape index (κ1) is 24.5. The molecular weight excluding hydrogens is 423 g/mol. The minimum atomic E-state index is -0.777. The van der Waals surface area contributed by atoms with E-state index in [1.165, 1.54) is 17.0 Å². The number of likely N-dealkylation sites (tertiary alicyclic amines) is 1. The molecule has 1 amide bonds. The minimum Gasteiger partial charge on any atom is -0.507 e. The number of benzene rings is 2. The second-order valence-electron chi connectivity index (χ2n) is 7.99. The molecule has 7 heteroatoms. The Hall–Kier alpha value is -3.19. The molecule has 0 radical (unpaired) electrons. The van der Waals surface area contributed by atoms with Gasteiger partial charge in [-0.3, -0.25) is 9.59 Å². The van der Waals surface area contributed by atoms with Crippen LogP contribution in [-0.2, 0) is 9.59 Å². The molecule has 0 saturated carbocycles. The molecule has 1 aliphatic heterocycles. The number of aliphatic hydroxyl groups excluding tert-OH is 1. The fraction of sp³-hybridized carbons (Fsp3) is 0.385. The van der Waals surface area contributed by atoms with Crippen LogP contribution in [0.25, 0.3) is 5.76 Å². The zero-order chi connectivity index (χ0) is 24.1. The predicted molar refractivity (Wildman–Crippen MR) is 126 cm³/mol. The number of aliphatic hydroxyl groups is 1. The third kappa shape index (κ3) is 5.09. The number of likely N-dealkylation sites (N-methyl/N-ethyl adjacent to an activating group) is 1. The average molecular weight is 455 g/mol. The van der Waals surface area contributed by atoms with Gasteiger partial charge < -0.3 is 19.6 Å². The van der Waals surface area contributed by atoms with Crippen LogP contribution in [0.4, 0.5) is 4.39 Å². The van der Waals surface area contributed by atoms with Gasteiger partial charge in [0, 0.05) is 18.7 Å². The Morgan fingerprint density at radius 3 is 2.33 bits per heavy atom. The summed E-state index contributed by atoms with van der Waals surface area (Å²) in [5, 5.41) is 11.1. The quantitative estimate of drug-likeness (QED) is 0.348. The highest BCUT2D eigenvalue weighted by molar-refractivity contribution is 6.46. The smallest absolute Gasteiger partial charge is 0.295 e. The Morgan fingerprint density at radius 1 is 1.09 bits per heavy atom. The summed E-state index contributed by atoms with van der Waals surface area (Å²) in [6, 6.07) is 10.6. The van der Waals surface area contributed by atoms with Crippen molar-refractivity contribution in [2.45, 2.75) is 33.7 Å². The second-order valence-corrected chi connectivity index (χ2v) is 7.99. The molecule has 2 aromatic carbocycles. The van der Waals surface area contributed by atoms with E-state index in [1.807, 2.05) is 20.8 Å². The number of halogens is 1. The summed E-state index contributed by atoms with van der Waals surface area (Å²) in [7, 11) is 0. The third-order valence-corrected chi connectivity index (χ3v) is 6.04. The van der Waals surface area contributed by atoms with E-state index < -0.39 is 23.5 Å². The minimum absolute atomic E-state index is 0.0352. The first-order chi connectivity index (χ1) is 15.8. The van der Waals surface area contributed by atoms with Crippen molar-refractivity contribution in [1.29, 1.82) is 0 Å². The lowest BCUT2D eigenvalue weighted by Gasteiger charge is -2.28. The molecule has 0 aliphatic carbocycles. The number of carbonyl (C=O) groups is 2. The van der Waals surface area contributed by atoms with Crippen LogP contribution in [-0.4, -0.2) is 59.4 Å². The van der Waals surface area contributed by atoms with Crippen LogP contribution >= 0.6 is 0 Å². The van der Waals surface area contributed by atoms with E-state index in [4.69, 9.17) is 4.74 Å². The molecule has 6 nitrogen and oxygen atoms in total. The van der Waals surface area contributed by atoms with Crippen molar-refractivity contribution in [3.05, 3.63) is 70.5 Å². The molecule has 1 atom stereocenters. The zero-order valence-corrected chi connectivity index (χ0v) is 19.6. The van der Waals surface area contributed by atoms with E-state index in [2.05, 4.69) is 4.90 Å². The molecule has 1 aliphatic rings. The van der Waals surface area contributed by atoms with Crippen molar-refractivity contribution in [3.63, 3.8) is 0 Å². The molecule has 1 fully saturated rings. The number of aryl methyl sites for hydroxylation is 1. The molecule has 0 spiro atoms. The molecule has 0 aromatic heterocycles. The van der Waals surface area contributed by atoms with Crippen LogP contribution in [0.2, 0.25) is 0 Å². The molecule has 2 aromatic rings. The van der Waals surface area contributed by atoms with Gasteiger partial charge in [0.05, 0.1) is 18.2 Å². The Labute approximate surface area is 194 Å². The Balaban J connectivity index is 2.09. The van der Waals surface area contributed by atoms with Gasteiger partial charge in [0.15, 0.2) is 0 Å². The lowest BCUT2D eigenvalue weighted by Crippen LogP contribution is -2.38. The molecule has 1 saturated heterocycles. The number of carbonyl (C=O) groups excluding carboxylic acids is 2.